The Kier molecular flexibility index (Phi) is 3.10. The third-order valence-electron chi connectivity index (χ3n) is 5.00. The molecule has 3 aromatic heterocycles. The van der Waals surface area contributed by atoms with E-state index >= 15 is 0 Å². The maximum atomic E-state index is 4.87. The Morgan fingerprint density at radius 2 is 2.11 bits per heavy atom. The number of nitrogens with zero attached hydrogens (tertiary/aromatic N) is 5. The minimum absolute atomic E-state index is 0.707. The zero-order valence-electron chi connectivity index (χ0n) is 14.8. The summed E-state index contributed by atoms with van der Waals surface area (Å²) in [7, 11) is 0. The molecular formula is C21H15N7. The van der Waals surface area contributed by atoms with Gasteiger partial charge in [-0.05, 0) is 35.9 Å². The molecular weight excluding hydrogens is 350 g/mol. The van der Waals surface area contributed by atoms with Gasteiger partial charge in [0.2, 0.25) is 0 Å². The molecule has 134 valence electrons. The highest BCUT2D eigenvalue weighted by Gasteiger charge is 2.13. The summed E-state index contributed by atoms with van der Waals surface area (Å²) in [4.78, 5) is 13.7. The molecule has 0 unspecified atom stereocenters. The van der Waals surface area contributed by atoms with Crippen molar-refractivity contribution in [3.05, 3.63) is 66.7 Å². The number of imidazole rings is 1. The molecule has 2 N–H and O–H groups in total. The average Bonchev–Trinajstić information content (AvgIpc) is 3.46. The Labute approximate surface area is 159 Å². The van der Waals surface area contributed by atoms with Gasteiger partial charge >= 0.3 is 0 Å². The summed E-state index contributed by atoms with van der Waals surface area (Å²) in [6.07, 6.45) is 10.3. The second kappa shape index (κ2) is 5.75. The Morgan fingerprint density at radius 3 is 3.11 bits per heavy atom. The maximum Gasteiger partial charge on any atom is 0.180 e. The van der Waals surface area contributed by atoms with Gasteiger partial charge in [0, 0.05) is 47.9 Å². The van der Waals surface area contributed by atoms with E-state index in [9.17, 15) is 0 Å². The first-order valence-electron chi connectivity index (χ1n) is 9.03. The average molecular weight is 365 g/mol. The molecule has 6 rings (SSSR count). The number of H-pyrrole nitrogens is 1. The number of aromatic nitrogens is 5. The van der Waals surface area contributed by atoms with Gasteiger partial charge in [-0.3, -0.25) is 10.1 Å². The van der Waals surface area contributed by atoms with Crippen LogP contribution in [0.15, 0.2) is 66.2 Å². The quantitative estimate of drug-likeness (QED) is 0.500. The van der Waals surface area contributed by atoms with Crippen LogP contribution in [0.5, 0.6) is 0 Å². The van der Waals surface area contributed by atoms with Crippen molar-refractivity contribution in [2.45, 2.75) is 6.42 Å². The van der Waals surface area contributed by atoms with E-state index in [4.69, 9.17) is 4.98 Å². The summed E-state index contributed by atoms with van der Waals surface area (Å²) in [6.45, 7) is 0. The van der Waals surface area contributed by atoms with Crippen molar-refractivity contribution in [2.75, 3.05) is 5.32 Å². The van der Waals surface area contributed by atoms with Crippen molar-refractivity contribution in [3.8, 4) is 11.3 Å². The highest BCUT2D eigenvalue weighted by atomic mass is 15.1. The summed E-state index contributed by atoms with van der Waals surface area (Å²) < 4.78 is 1.99. The van der Waals surface area contributed by atoms with Crippen LogP contribution in [0.3, 0.4) is 0 Å². The lowest BCUT2D eigenvalue weighted by molar-refractivity contribution is 1.12. The molecule has 0 spiro atoms. The van der Waals surface area contributed by atoms with Gasteiger partial charge in [0.05, 0.1) is 23.1 Å². The van der Waals surface area contributed by atoms with Crippen molar-refractivity contribution in [1.82, 2.24) is 24.6 Å². The van der Waals surface area contributed by atoms with E-state index in [1.807, 2.05) is 53.5 Å². The SMILES string of the molecule is C1=Nc2ccc(-c3cn4ccnc4c(Nc4ccc5cn[nH]c5c4)n3)cc2C1. The van der Waals surface area contributed by atoms with E-state index in [2.05, 4.69) is 37.6 Å². The van der Waals surface area contributed by atoms with Crippen molar-refractivity contribution in [2.24, 2.45) is 4.99 Å². The second-order valence-electron chi connectivity index (χ2n) is 6.79. The highest BCUT2D eigenvalue weighted by molar-refractivity contribution is 5.84. The maximum absolute atomic E-state index is 4.87. The molecule has 7 heteroatoms. The smallest absolute Gasteiger partial charge is 0.180 e. The molecule has 1 aliphatic rings. The lowest BCUT2D eigenvalue weighted by atomic mass is 10.1. The van der Waals surface area contributed by atoms with E-state index < -0.39 is 0 Å². The van der Waals surface area contributed by atoms with Gasteiger partial charge in [-0.25, -0.2) is 9.97 Å². The molecule has 2 aromatic carbocycles. The summed E-state index contributed by atoms with van der Waals surface area (Å²) in [5.74, 6) is 0.707. The standard InChI is InChI=1S/C21H15N7/c1-3-16(10-18-15(1)11-24-27-18)25-20-21-23-7-8-28(21)12-19(26-20)13-2-4-17-14(9-13)5-6-22-17/h1-4,6-12H,5H2,(H,24,27)(H,25,26). The third-order valence-corrected chi connectivity index (χ3v) is 5.00. The molecule has 0 aliphatic carbocycles. The van der Waals surface area contributed by atoms with Gasteiger partial charge in [0.25, 0.3) is 0 Å². The number of aromatic amines is 1. The van der Waals surface area contributed by atoms with Gasteiger partial charge in [0.1, 0.15) is 0 Å². The molecule has 4 heterocycles. The number of rotatable bonds is 3. The number of aliphatic imine (C=N–C) groups is 1. The fraction of sp³-hybridized carbons (Fsp3) is 0.0476. The zero-order chi connectivity index (χ0) is 18.5. The van der Waals surface area contributed by atoms with E-state index in [1.165, 1.54) is 5.56 Å². The summed E-state index contributed by atoms with van der Waals surface area (Å²) >= 11 is 0. The molecule has 0 radical (unpaired) electrons. The summed E-state index contributed by atoms with van der Waals surface area (Å²) in [5.41, 5.74) is 6.88. The van der Waals surface area contributed by atoms with Crippen LogP contribution in [0.2, 0.25) is 0 Å². The van der Waals surface area contributed by atoms with Gasteiger partial charge in [-0.1, -0.05) is 6.07 Å². The van der Waals surface area contributed by atoms with Crippen molar-refractivity contribution >= 4 is 40.0 Å². The van der Waals surface area contributed by atoms with Crippen LogP contribution in [-0.2, 0) is 6.42 Å². The topological polar surface area (TPSA) is 83.3 Å². The molecule has 0 saturated carbocycles. The Hall–Kier alpha value is -4.00. The number of nitrogens with one attached hydrogen (secondary N) is 2. The molecule has 0 bridgehead atoms. The van der Waals surface area contributed by atoms with Crippen molar-refractivity contribution < 1.29 is 0 Å². The Bertz CT molecular complexity index is 1380. The molecule has 0 atom stereocenters. The monoisotopic (exact) mass is 365 g/mol. The molecule has 0 fully saturated rings. The minimum atomic E-state index is 0.707. The molecule has 0 amide bonds. The fourth-order valence-electron chi connectivity index (χ4n) is 3.58. The number of anilines is 2. The predicted octanol–water partition coefficient (Wildman–Crippen LogP) is 4.27. The molecule has 28 heavy (non-hydrogen) atoms. The van der Waals surface area contributed by atoms with Crippen LogP contribution in [0.4, 0.5) is 17.2 Å². The van der Waals surface area contributed by atoms with E-state index in [-0.39, 0.29) is 0 Å². The number of hydrogen-bond donors (Lipinski definition) is 2. The van der Waals surface area contributed by atoms with E-state index in [0.717, 1.165) is 45.6 Å². The van der Waals surface area contributed by atoms with Crippen LogP contribution in [-0.4, -0.2) is 30.8 Å². The van der Waals surface area contributed by atoms with Gasteiger partial charge < -0.3 is 9.72 Å². The first kappa shape index (κ1) is 15.1. The highest BCUT2D eigenvalue weighted by Crippen LogP contribution is 2.31. The summed E-state index contributed by atoms with van der Waals surface area (Å²) in [5, 5.41) is 11.6. The number of hydrogen-bond acceptors (Lipinski definition) is 5. The van der Waals surface area contributed by atoms with E-state index in [0.29, 0.717) is 5.82 Å². The van der Waals surface area contributed by atoms with E-state index in [1.54, 1.807) is 6.20 Å². The Balaban J connectivity index is 1.45. The molecule has 1 aliphatic heterocycles. The van der Waals surface area contributed by atoms with Crippen molar-refractivity contribution in [3.63, 3.8) is 0 Å². The number of benzene rings is 2. The molecule has 5 aromatic rings. The third kappa shape index (κ3) is 2.37. The fourth-order valence-corrected chi connectivity index (χ4v) is 3.58. The summed E-state index contributed by atoms with van der Waals surface area (Å²) in [6, 6.07) is 12.3. The normalized spacial score (nSPS) is 12.7. The Morgan fingerprint density at radius 1 is 1.11 bits per heavy atom. The number of fused-ring (bicyclic) bond motifs is 3. The largest absolute Gasteiger partial charge is 0.337 e. The van der Waals surface area contributed by atoms with Crippen LogP contribution in [0.25, 0.3) is 27.8 Å². The first-order chi connectivity index (χ1) is 13.8. The molecule has 0 saturated heterocycles. The minimum Gasteiger partial charge on any atom is -0.337 e. The van der Waals surface area contributed by atoms with Crippen LogP contribution >= 0.6 is 0 Å². The van der Waals surface area contributed by atoms with Crippen LogP contribution < -0.4 is 5.32 Å². The zero-order valence-corrected chi connectivity index (χ0v) is 14.8. The first-order valence-corrected chi connectivity index (χ1v) is 9.03. The lowest BCUT2D eigenvalue weighted by Crippen LogP contribution is -2.00. The van der Waals surface area contributed by atoms with Gasteiger partial charge in [-0.15, -0.1) is 0 Å². The second-order valence-corrected chi connectivity index (χ2v) is 6.79. The lowest BCUT2D eigenvalue weighted by Gasteiger charge is -2.11. The molecule has 7 nitrogen and oxygen atoms in total. The predicted molar refractivity (Wildman–Crippen MR) is 110 cm³/mol. The van der Waals surface area contributed by atoms with Crippen LogP contribution in [0.1, 0.15) is 5.56 Å². The van der Waals surface area contributed by atoms with Gasteiger partial charge in [-0.2, -0.15) is 5.10 Å². The van der Waals surface area contributed by atoms with Gasteiger partial charge in [0.15, 0.2) is 11.5 Å². The van der Waals surface area contributed by atoms with Crippen LogP contribution in [0, 0.1) is 0 Å². The van der Waals surface area contributed by atoms with Crippen molar-refractivity contribution in [1.29, 1.82) is 0 Å².